The first kappa shape index (κ1) is 20.7. The maximum absolute atomic E-state index is 11.7. The predicted octanol–water partition coefficient (Wildman–Crippen LogP) is 4.39. The highest BCUT2D eigenvalue weighted by atomic mass is 16.5. The van der Waals surface area contributed by atoms with E-state index in [2.05, 4.69) is 0 Å². The van der Waals surface area contributed by atoms with Crippen LogP contribution < -0.4 is 0 Å². The van der Waals surface area contributed by atoms with Crippen LogP contribution in [0, 0.1) is 0 Å². The number of hydrogen-bond acceptors (Lipinski definition) is 5. The molecule has 0 saturated heterocycles. The number of carbonyl (C=O) groups excluding carboxylic acids is 1. The molecule has 1 aliphatic carbocycles. The van der Waals surface area contributed by atoms with Gasteiger partial charge in [0.25, 0.3) is 0 Å². The quantitative estimate of drug-likeness (QED) is 0.750. The number of hydrogen-bond donors (Lipinski definition) is 2. The highest BCUT2D eigenvalue weighted by Crippen LogP contribution is 2.43. The summed E-state index contributed by atoms with van der Waals surface area (Å²) in [5.74, 6) is 0.146. The maximum Gasteiger partial charge on any atom is 0.133 e. The predicted molar refractivity (Wildman–Crippen MR) is 101 cm³/mol. The Labute approximate surface area is 156 Å². The van der Waals surface area contributed by atoms with Crippen molar-refractivity contribution in [2.24, 2.45) is 0 Å². The molecule has 5 heteroatoms. The summed E-state index contributed by atoms with van der Waals surface area (Å²) in [7, 11) is 1.68. The van der Waals surface area contributed by atoms with E-state index in [1.807, 2.05) is 27.7 Å². The summed E-state index contributed by atoms with van der Waals surface area (Å²) in [5, 5.41) is 21.0. The van der Waals surface area contributed by atoms with E-state index in [4.69, 9.17) is 9.47 Å². The molecule has 0 aromatic heterocycles. The molecule has 5 nitrogen and oxygen atoms in total. The first-order valence-corrected chi connectivity index (χ1v) is 9.33. The SMILES string of the molecule is COC(C)(C)CCOC(C)(C)c1cc(O)c(C2CCCC(=O)C2)c(O)c1. The van der Waals surface area contributed by atoms with E-state index in [9.17, 15) is 15.0 Å². The van der Waals surface area contributed by atoms with Crippen molar-refractivity contribution < 1.29 is 24.5 Å². The van der Waals surface area contributed by atoms with Gasteiger partial charge in [-0.1, -0.05) is 0 Å². The molecule has 1 aromatic rings. The third-order valence-electron chi connectivity index (χ3n) is 5.44. The van der Waals surface area contributed by atoms with E-state index in [0.29, 0.717) is 30.6 Å². The van der Waals surface area contributed by atoms with Gasteiger partial charge >= 0.3 is 0 Å². The Balaban J connectivity index is 2.16. The smallest absolute Gasteiger partial charge is 0.133 e. The molecule has 0 radical (unpaired) electrons. The minimum absolute atomic E-state index is 0.0357. The van der Waals surface area contributed by atoms with E-state index in [1.165, 1.54) is 0 Å². The van der Waals surface area contributed by atoms with E-state index in [1.54, 1.807) is 19.2 Å². The number of Topliss-reactive ketones (excluding diaryl/α,β-unsaturated/α-hetero) is 1. The van der Waals surface area contributed by atoms with Crippen molar-refractivity contribution in [3.8, 4) is 11.5 Å². The lowest BCUT2D eigenvalue weighted by atomic mass is 9.81. The summed E-state index contributed by atoms with van der Waals surface area (Å²) in [6.45, 7) is 8.31. The van der Waals surface area contributed by atoms with Crippen LogP contribution in [0.4, 0.5) is 0 Å². The molecule has 2 N–H and O–H groups in total. The van der Waals surface area contributed by atoms with Crippen LogP contribution in [-0.2, 0) is 19.9 Å². The molecule has 0 aliphatic heterocycles. The molecule has 26 heavy (non-hydrogen) atoms. The molecule has 1 fully saturated rings. The molecule has 2 rings (SSSR count). The number of carbonyl (C=O) groups is 1. The van der Waals surface area contributed by atoms with Crippen LogP contribution in [0.25, 0.3) is 0 Å². The lowest BCUT2D eigenvalue weighted by Gasteiger charge is -2.30. The van der Waals surface area contributed by atoms with Gasteiger partial charge in [0.05, 0.1) is 17.8 Å². The van der Waals surface area contributed by atoms with Gasteiger partial charge in [-0.15, -0.1) is 0 Å². The van der Waals surface area contributed by atoms with Gasteiger partial charge in [-0.3, -0.25) is 4.79 Å². The van der Waals surface area contributed by atoms with Crippen molar-refractivity contribution in [3.05, 3.63) is 23.3 Å². The summed E-state index contributed by atoms with van der Waals surface area (Å²) < 4.78 is 11.4. The van der Waals surface area contributed by atoms with E-state index < -0.39 is 5.60 Å². The number of ketones is 1. The van der Waals surface area contributed by atoms with Crippen LogP contribution in [0.5, 0.6) is 11.5 Å². The molecule has 1 aliphatic rings. The topological polar surface area (TPSA) is 76.0 Å². The van der Waals surface area contributed by atoms with E-state index in [-0.39, 0.29) is 28.8 Å². The summed E-state index contributed by atoms with van der Waals surface area (Å²) in [5.41, 5.74) is 0.254. The van der Waals surface area contributed by atoms with Gasteiger partial charge in [-0.25, -0.2) is 0 Å². The Morgan fingerprint density at radius 1 is 1.15 bits per heavy atom. The van der Waals surface area contributed by atoms with Crippen LogP contribution in [-0.4, -0.2) is 35.3 Å². The monoisotopic (exact) mass is 364 g/mol. The second-order valence-corrected chi connectivity index (χ2v) is 8.33. The van der Waals surface area contributed by atoms with Gasteiger partial charge in [0.15, 0.2) is 0 Å². The fraction of sp³-hybridized carbons (Fsp3) is 0.667. The van der Waals surface area contributed by atoms with Crippen LogP contribution in [0.1, 0.15) is 76.8 Å². The van der Waals surface area contributed by atoms with Crippen molar-refractivity contribution in [1.29, 1.82) is 0 Å². The van der Waals surface area contributed by atoms with Gasteiger partial charge in [0.1, 0.15) is 17.3 Å². The molecule has 1 unspecified atom stereocenters. The fourth-order valence-electron chi connectivity index (χ4n) is 3.40. The second-order valence-electron chi connectivity index (χ2n) is 8.33. The van der Waals surface area contributed by atoms with Gasteiger partial charge < -0.3 is 19.7 Å². The molecule has 0 spiro atoms. The van der Waals surface area contributed by atoms with E-state index >= 15 is 0 Å². The fourth-order valence-corrected chi connectivity index (χ4v) is 3.40. The first-order chi connectivity index (χ1) is 12.1. The number of phenolic OH excluding ortho intramolecular Hbond substituents is 2. The third kappa shape index (κ3) is 4.98. The molecule has 1 saturated carbocycles. The van der Waals surface area contributed by atoms with Crippen molar-refractivity contribution in [1.82, 2.24) is 0 Å². The molecule has 0 heterocycles. The van der Waals surface area contributed by atoms with Gasteiger partial charge in [0.2, 0.25) is 0 Å². The molecule has 0 bridgehead atoms. The molecular weight excluding hydrogens is 332 g/mol. The normalized spacial score (nSPS) is 19.0. The Morgan fingerprint density at radius 3 is 2.31 bits per heavy atom. The Bertz CT molecular complexity index is 625. The minimum Gasteiger partial charge on any atom is -0.508 e. The number of ether oxygens (including phenoxy) is 2. The molecule has 0 amide bonds. The zero-order chi connectivity index (χ0) is 19.5. The van der Waals surface area contributed by atoms with Crippen molar-refractivity contribution in [2.75, 3.05) is 13.7 Å². The zero-order valence-electron chi connectivity index (χ0n) is 16.6. The van der Waals surface area contributed by atoms with Crippen molar-refractivity contribution in [3.63, 3.8) is 0 Å². The van der Waals surface area contributed by atoms with Crippen LogP contribution >= 0.6 is 0 Å². The van der Waals surface area contributed by atoms with Gasteiger partial charge in [0, 0.05) is 25.5 Å². The first-order valence-electron chi connectivity index (χ1n) is 9.33. The molecular formula is C21H32O5. The molecule has 146 valence electrons. The van der Waals surface area contributed by atoms with Gasteiger partial charge in [-0.05, 0) is 70.6 Å². The number of methoxy groups -OCH3 is 1. The largest absolute Gasteiger partial charge is 0.508 e. The summed E-state index contributed by atoms with van der Waals surface area (Å²) >= 11 is 0. The standard InChI is InChI=1S/C21H32O5/c1-20(2,25-5)9-10-26-21(3,4)15-12-17(23)19(18(24)13-15)14-7-6-8-16(22)11-14/h12-14,23-24H,6-11H2,1-5H3. The maximum atomic E-state index is 11.7. The summed E-state index contributed by atoms with van der Waals surface area (Å²) in [4.78, 5) is 11.7. The summed E-state index contributed by atoms with van der Waals surface area (Å²) in [6, 6.07) is 3.30. The van der Waals surface area contributed by atoms with Crippen molar-refractivity contribution in [2.45, 2.75) is 76.9 Å². The highest BCUT2D eigenvalue weighted by Gasteiger charge is 2.30. The average molecular weight is 364 g/mol. The average Bonchev–Trinajstić information content (AvgIpc) is 2.54. The lowest BCUT2D eigenvalue weighted by molar-refractivity contribution is -0.120. The minimum atomic E-state index is -0.667. The van der Waals surface area contributed by atoms with Crippen molar-refractivity contribution >= 4 is 5.78 Å². The lowest BCUT2D eigenvalue weighted by Crippen LogP contribution is -2.28. The van der Waals surface area contributed by atoms with Crippen LogP contribution in [0.3, 0.4) is 0 Å². The number of benzene rings is 1. The Morgan fingerprint density at radius 2 is 1.77 bits per heavy atom. The number of aromatic hydroxyl groups is 2. The van der Waals surface area contributed by atoms with Gasteiger partial charge in [-0.2, -0.15) is 0 Å². The molecule has 1 atom stereocenters. The van der Waals surface area contributed by atoms with Crippen LogP contribution in [0.15, 0.2) is 12.1 Å². The number of rotatable bonds is 7. The Kier molecular flexibility index (Phi) is 6.35. The Hall–Kier alpha value is -1.59. The highest BCUT2D eigenvalue weighted by molar-refractivity contribution is 5.80. The summed E-state index contributed by atoms with van der Waals surface area (Å²) in [6.07, 6.45) is 3.31. The van der Waals surface area contributed by atoms with E-state index in [0.717, 1.165) is 19.3 Å². The zero-order valence-corrected chi connectivity index (χ0v) is 16.6. The third-order valence-corrected chi connectivity index (χ3v) is 5.44. The van der Waals surface area contributed by atoms with Crippen LogP contribution in [0.2, 0.25) is 0 Å². The second kappa shape index (κ2) is 7.97. The molecule has 1 aromatic carbocycles. The number of phenols is 2.